The molecule has 6 nitrogen and oxygen atoms in total. The summed E-state index contributed by atoms with van der Waals surface area (Å²) in [7, 11) is 0. The lowest BCUT2D eigenvalue weighted by Gasteiger charge is -2.23. The monoisotopic (exact) mass is 455 g/mol. The molecule has 1 atom stereocenters. The van der Waals surface area contributed by atoms with Crippen molar-refractivity contribution >= 4 is 17.7 Å². The molecule has 33 heavy (non-hydrogen) atoms. The van der Waals surface area contributed by atoms with Crippen molar-refractivity contribution in [2.45, 2.75) is 29.8 Å². The number of pyridine rings is 1. The summed E-state index contributed by atoms with van der Waals surface area (Å²) in [6.45, 7) is 2.26. The number of aromatic nitrogens is 4. The van der Waals surface area contributed by atoms with E-state index in [0.717, 1.165) is 53.6 Å². The smallest absolute Gasteiger partial charge is 0.240 e. The van der Waals surface area contributed by atoms with Crippen LogP contribution in [0, 0.1) is 0 Å². The van der Waals surface area contributed by atoms with Crippen LogP contribution in [0.15, 0.2) is 90.3 Å². The Morgan fingerprint density at radius 3 is 2.24 bits per heavy atom. The van der Waals surface area contributed by atoms with Crippen LogP contribution in [-0.2, 0) is 11.3 Å². The van der Waals surface area contributed by atoms with Crippen LogP contribution in [-0.4, -0.2) is 43.6 Å². The number of benzene rings is 2. The van der Waals surface area contributed by atoms with Gasteiger partial charge < -0.3 is 4.90 Å². The van der Waals surface area contributed by atoms with E-state index in [0.29, 0.717) is 6.54 Å². The summed E-state index contributed by atoms with van der Waals surface area (Å²) in [5.41, 5.74) is 3.08. The second-order valence-electron chi connectivity index (χ2n) is 8.05. The quantitative estimate of drug-likeness (QED) is 0.373. The number of likely N-dealkylation sites (tertiary alicyclic amines) is 1. The number of hydrogen-bond donors (Lipinski definition) is 0. The summed E-state index contributed by atoms with van der Waals surface area (Å²) >= 11 is 1.48. The third-order valence-electron chi connectivity index (χ3n) is 5.81. The minimum absolute atomic E-state index is 0.142. The van der Waals surface area contributed by atoms with E-state index in [2.05, 4.69) is 31.9 Å². The first-order valence-electron chi connectivity index (χ1n) is 11.2. The fraction of sp³-hybridized carbons (Fsp3) is 0.231. The first kappa shape index (κ1) is 21.4. The highest BCUT2D eigenvalue weighted by Crippen LogP contribution is 2.38. The molecule has 0 spiro atoms. The van der Waals surface area contributed by atoms with Gasteiger partial charge in [-0.3, -0.25) is 14.3 Å². The van der Waals surface area contributed by atoms with E-state index in [-0.39, 0.29) is 11.2 Å². The second-order valence-corrected chi connectivity index (χ2v) is 9.13. The maximum Gasteiger partial charge on any atom is 0.240 e. The Bertz CT molecular complexity index is 1190. The topological polar surface area (TPSA) is 63.9 Å². The number of amides is 1. The van der Waals surface area contributed by atoms with Crippen molar-refractivity contribution in [2.24, 2.45) is 0 Å². The summed E-state index contributed by atoms with van der Waals surface area (Å²) in [6.07, 6.45) is 5.64. The minimum Gasteiger partial charge on any atom is -0.341 e. The summed E-state index contributed by atoms with van der Waals surface area (Å²) in [5, 5.41) is 9.43. The summed E-state index contributed by atoms with van der Waals surface area (Å²) < 4.78 is 2.10. The van der Waals surface area contributed by atoms with Crippen molar-refractivity contribution in [2.75, 3.05) is 13.1 Å². The molecular weight excluding hydrogens is 430 g/mol. The Morgan fingerprint density at radius 1 is 0.879 bits per heavy atom. The van der Waals surface area contributed by atoms with Crippen molar-refractivity contribution in [3.05, 3.63) is 96.3 Å². The minimum atomic E-state index is -0.367. The van der Waals surface area contributed by atoms with Crippen LogP contribution in [0.2, 0.25) is 0 Å². The third kappa shape index (κ3) is 4.83. The zero-order valence-electron chi connectivity index (χ0n) is 18.2. The molecule has 2 aromatic heterocycles. The lowest BCUT2D eigenvalue weighted by Crippen LogP contribution is -2.31. The average Bonchev–Trinajstić information content (AvgIpc) is 3.55. The van der Waals surface area contributed by atoms with Crippen molar-refractivity contribution in [1.82, 2.24) is 24.6 Å². The molecule has 0 unspecified atom stereocenters. The zero-order chi connectivity index (χ0) is 22.5. The van der Waals surface area contributed by atoms with E-state index in [1.54, 1.807) is 12.4 Å². The molecule has 1 aliphatic rings. The van der Waals surface area contributed by atoms with E-state index < -0.39 is 0 Å². The molecule has 5 rings (SSSR count). The van der Waals surface area contributed by atoms with Gasteiger partial charge in [0.25, 0.3) is 0 Å². The first-order chi connectivity index (χ1) is 16.3. The third-order valence-corrected chi connectivity index (χ3v) is 7.03. The molecule has 7 heteroatoms. The van der Waals surface area contributed by atoms with Gasteiger partial charge in [0, 0.05) is 31.0 Å². The van der Waals surface area contributed by atoms with Gasteiger partial charge in [-0.05, 0) is 36.1 Å². The standard InChI is InChI=1S/C26H25N5OS/c32-25(30-17-7-8-18-30)23(21-11-5-2-6-12-21)33-26-29-28-24(22-13-15-27-16-14-22)31(26)19-20-9-3-1-4-10-20/h1-6,9-16,23H,7-8,17-19H2/t23-/m1/s1. The van der Waals surface area contributed by atoms with Crippen LogP contribution in [0.25, 0.3) is 11.4 Å². The summed E-state index contributed by atoms with van der Waals surface area (Å²) in [5.74, 6) is 0.910. The molecule has 2 aromatic carbocycles. The lowest BCUT2D eigenvalue weighted by atomic mass is 10.1. The number of hydrogen-bond acceptors (Lipinski definition) is 5. The Hall–Kier alpha value is -3.45. The van der Waals surface area contributed by atoms with Crippen molar-refractivity contribution in [3.63, 3.8) is 0 Å². The van der Waals surface area contributed by atoms with Gasteiger partial charge in [-0.15, -0.1) is 10.2 Å². The SMILES string of the molecule is O=C([C@H](Sc1nnc(-c2ccncc2)n1Cc1ccccc1)c1ccccc1)N1CCCC1. The molecule has 0 N–H and O–H groups in total. The fourth-order valence-corrected chi connectivity index (χ4v) is 5.22. The Kier molecular flexibility index (Phi) is 6.48. The number of rotatable bonds is 7. The maximum absolute atomic E-state index is 13.5. The molecular formula is C26H25N5OS. The van der Waals surface area contributed by atoms with Gasteiger partial charge >= 0.3 is 0 Å². The average molecular weight is 456 g/mol. The molecule has 0 aliphatic carbocycles. The molecule has 3 heterocycles. The van der Waals surface area contributed by atoms with Gasteiger partial charge in [0.15, 0.2) is 11.0 Å². The maximum atomic E-state index is 13.5. The van der Waals surface area contributed by atoms with Crippen molar-refractivity contribution < 1.29 is 4.79 Å². The van der Waals surface area contributed by atoms with Crippen LogP contribution in [0.4, 0.5) is 0 Å². The number of carbonyl (C=O) groups is 1. The van der Waals surface area contributed by atoms with Crippen LogP contribution in [0.3, 0.4) is 0 Å². The van der Waals surface area contributed by atoms with E-state index in [4.69, 9.17) is 0 Å². The number of carbonyl (C=O) groups excluding carboxylic acids is 1. The van der Waals surface area contributed by atoms with Crippen molar-refractivity contribution in [1.29, 1.82) is 0 Å². The molecule has 0 saturated carbocycles. The molecule has 166 valence electrons. The largest absolute Gasteiger partial charge is 0.341 e. The molecule has 0 radical (unpaired) electrons. The van der Waals surface area contributed by atoms with E-state index in [1.807, 2.05) is 65.6 Å². The van der Waals surface area contributed by atoms with E-state index in [1.165, 1.54) is 11.8 Å². The zero-order valence-corrected chi connectivity index (χ0v) is 19.1. The van der Waals surface area contributed by atoms with Crippen LogP contribution >= 0.6 is 11.8 Å². The van der Waals surface area contributed by atoms with Crippen molar-refractivity contribution in [3.8, 4) is 11.4 Å². The predicted molar refractivity (Wildman–Crippen MR) is 130 cm³/mol. The molecule has 0 bridgehead atoms. The van der Waals surface area contributed by atoms with Gasteiger partial charge in [0.2, 0.25) is 5.91 Å². The summed E-state index contributed by atoms with van der Waals surface area (Å²) in [4.78, 5) is 19.6. The van der Waals surface area contributed by atoms with Crippen LogP contribution in [0.5, 0.6) is 0 Å². The summed E-state index contributed by atoms with van der Waals surface area (Å²) in [6, 6.07) is 24.1. The predicted octanol–water partition coefficient (Wildman–Crippen LogP) is 4.84. The Morgan fingerprint density at radius 2 is 1.55 bits per heavy atom. The highest BCUT2D eigenvalue weighted by molar-refractivity contribution is 8.00. The molecule has 4 aromatic rings. The Labute approximate surface area is 197 Å². The van der Waals surface area contributed by atoms with Gasteiger partial charge in [0.1, 0.15) is 5.25 Å². The first-order valence-corrected chi connectivity index (χ1v) is 12.1. The van der Waals surface area contributed by atoms with Gasteiger partial charge in [-0.1, -0.05) is 72.4 Å². The normalized spacial score (nSPS) is 14.4. The lowest BCUT2D eigenvalue weighted by molar-refractivity contribution is -0.129. The van der Waals surface area contributed by atoms with E-state index in [9.17, 15) is 4.79 Å². The van der Waals surface area contributed by atoms with Crippen LogP contribution < -0.4 is 0 Å². The highest BCUT2D eigenvalue weighted by Gasteiger charge is 2.31. The highest BCUT2D eigenvalue weighted by atomic mass is 32.2. The number of thioether (sulfide) groups is 1. The fourth-order valence-electron chi connectivity index (χ4n) is 4.10. The molecule has 1 saturated heterocycles. The van der Waals surface area contributed by atoms with E-state index >= 15 is 0 Å². The van der Waals surface area contributed by atoms with Gasteiger partial charge in [-0.2, -0.15) is 0 Å². The molecule has 1 aliphatic heterocycles. The van der Waals surface area contributed by atoms with Gasteiger partial charge in [0.05, 0.1) is 6.54 Å². The molecule has 1 fully saturated rings. The second kappa shape index (κ2) is 10.0. The number of nitrogens with zero attached hydrogens (tertiary/aromatic N) is 5. The van der Waals surface area contributed by atoms with Crippen LogP contribution in [0.1, 0.15) is 29.2 Å². The van der Waals surface area contributed by atoms with Gasteiger partial charge in [-0.25, -0.2) is 0 Å². The molecule has 1 amide bonds. The Balaban J connectivity index is 1.53.